The summed E-state index contributed by atoms with van der Waals surface area (Å²) in [5.41, 5.74) is 1.36. The summed E-state index contributed by atoms with van der Waals surface area (Å²) in [5, 5.41) is 4.22. The van der Waals surface area contributed by atoms with E-state index in [9.17, 15) is 4.79 Å². The number of nitrogens with one attached hydrogen (secondary N) is 1. The first-order valence-corrected chi connectivity index (χ1v) is 7.96. The summed E-state index contributed by atoms with van der Waals surface area (Å²) >= 11 is 1.66. The lowest BCUT2D eigenvalue weighted by Gasteiger charge is -2.23. The van der Waals surface area contributed by atoms with Crippen molar-refractivity contribution in [3.05, 3.63) is 27.1 Å². The van der Waals surface area contributed by atoms with Crippen molar-refractivity contribution in [1.29, 1.82) is 0 Å². The molecule has 2 aliphatic rings. The van der Waals surface area contributed by atoms with E-state index in [0.29, 0.717) is 0 Å². The van der Waals surface area contributed by atoms with Crippen molar-refractivity contribution in [2.24, 2.45) is 0 Å². The van der Waals surface area contributed by atoms with E-state index in [0.717, 1.165) is 55.8 Å². The summed E-state index contributed by atoms with van der Waals surface area (Å²) in [7, 11) is 0. The van der Waals surface area contributed by atoms with Crippen LogP contribution >= 0.6 is 11.3 Å². The molecule has 1 N–H and O–H groups in total. The van der Waals surface area contributed by atoms with Gasteiger partial charge in [0.2, 0.25) is 0 Å². The molecule has 0 atom stereocenters. The minimum absolute atomic E-state index is 0.140. The molecular formula is C14H17N3O2S. The van der Waals surface area contributed by atoms with Gasteiger partial charge >= 0.3 is 0 Å². The van der Waals surface area contributed by atoms with Crippen LogP contribution in [0.2, 0.25) is 0 Å². The lowest BCUT2D eigenvalue weighted by atomic mass is 10.1. The van der Waals surface area contributed by atoms with Crippen LogP contribution in [0.5, 0.6) is 0 Å². The summed E-state index contributed by atoms with van der Waals surface area (Å²) in [4.78, 5) is 19.5. The Labute approximate surface area is 120 Å². The Hall–Kier alpha value is -1.24. The van der Waals surface area contributed by atoms with Crippen molar-refractivity contribution in [3.63, 3.8) is 0 Å². The molecule has 0 bridgehead atoms. The predicted molar refractivity (Wildman–Crippen MR) is 78.4 cm³/mol. The second-order valence-corrected chi connectivity index (χ2v) is 6.49. The standard InChI is InChI=1S/C14H17N3O2S/c18-14-12-10-1-4-15-7-11(10)20-13(12)16-8-17(14)9-2-5-19-6-3-9/h8-9,15H,1-7H2. The van der Waals surface area contributed by atoms with E-state index in [2.05, 4.69) is 10.3 Å². The average molecular weight is 291 g/mol. The molecule has 0 aliphatic carbocycles. The normalized spacial score (nSPS) is 20.2. The first kappa shape index (κ1) is 12.5. The van der Waals surface area contributed by atoms with Crippen LogP contribution in [0.15, 0.2) is 11.1 Å². The van der Waals surface area contributed by atoms with E-state index < -0.39 is 0 Å². The van der Waals surface area contributed by atoms with Crippen LogP contribution in [-0.4, -0.2) is 29.3 Å². The third kappa shape index (κ3) is 1.90. The molecule has 5 nitrogen and oxygen atoms in total. The van der Waals surface area contributed by atoms with Gasteiger partial charge in [-0.3, -0.25) is 9.36 Å². The van der Waals surface area contributed by atoms with Crippen molar-refractivity contribution >= 4 is 21.6 Å². The van der Waals surface area contributed by atoms with Gasteiger partial charge in [-0.25, -0.2) is 4.98 Å². The van der Waals surface area contributed by atoms with E-state index in [-0.39, 0.29) is 11.6 Å². The smallest absolute Gasteiger partial charge is 0.262 e. The second-order valence-electron chi connectivity index (χ2n) is 5.41. The van der Waals surface area contributed by atoms with Crippen LogP contribution in [0, 0.1) is 0 Å². The number of ether oxygens (including phenoxy) is 1. The van der Waals surface area contributed by atoms with E-state index >= 15 is 0 Å². The lowest BCUT2D eigenvalue weighted by Crippen LogP contribution is -2.30. The number of hydrogen-bond acceptors (Lipinski definition) is 5. The van der Waals surface area contributed by atoms with Gasteiger partial charge in [0.25, 0.3) is 5.56 Å². The molecule has 2 aromatic heterocycles. The van der Waals surface area contributed by atoms with Gasteiger partial charge < -0.3 is 10.1 Å². The molecule has 0 spiro atoms. The zero-order valence-corrected chi connectivity index (χ0v) is 12.0. The monoisotopic (exact) mass is 291 g/mol. The van der Waals surface area contributed by atoms with Crippen LogP contribution in [-0.2, 0) is 17.7 Å². The summed E-state index contributed by atoms with van der Waals surface area (Å²) in [6.45, 7) is 3.29. The molecule has 0 radical (unpaired) electrons. The highest BCUT2D eigenvalue weighted by atomic mass is 32.1. The fourth-order valence-electron chi connectivity index (χ4n) is 3.15. The summed E-state index contributed by atoms with van der Waals surface area (Å²) in [6.07, 6.45) is 4.47. The highest BCUT2D eigenvalue weighted by Crippen LogP contribution is 2.30. The zero-order valence-electron chi connectivity index (χ0n) is 11.2. The van der Waals surface area contributed by atoms with Crippen LogP contribution in [0.25, 0.3) is 10.2 Å². The first-order valence-electron chi connectivity index (χ1n) is 7.14. The quantitative estimate of drug-likeness (QED) is 0.864. The van der Waals surface area contributed by atoms with Gasteiger partial charge in [0.05, 0.1) is 11.7 Å². The van der Waals surface area contributed by atoms with E-state index in [4.69, 9.17) is 4.74 Å². The topological polar surface area (TPSA) is 56.2 Å². The van der Waals surface area contributed by atoms with Crippen molar-refractivity contribution in [3.8, 4) is 0 Å². The number of aromatic nitrogens is 2. The fourth-order valence-corrected chi connectivity index (χ4v) is 4.30. The van der Waals surface area contributed by atoms with Crippen molar-refractivity contribution in [2.45, 2.75) is 31.8 Å². The van der Waals surface area contributed by atoms with Gasteiger partial charge in [0, 0.05) is 30.7 Å². The third-order valence-electron chi connectivity index (χ3n) is 4.24. The minimum atomic E-state index is 0.140. The van der Waals surface area contributed by atoms with Gasteiger partial charge in [-0.2, -0.15) is 0 Å². The molecule has 2 aromatic rings. The maximum atomic E-state index is 12.8. The molecule has 0 saturated carbocycles. The molecule has 4 rings (SSSR count). The van der Waals surface area contributed by atoms with Gasteiger partial charge in [-0.05, 0) is 31.4 Å². The molecule has 1 saturated heterocycles. The highest BCUT2D eigenvalue weighted by molar-refractivity contribution is 7.18. The van der Waals surface area contributed by atoms with Crippen LogP contribution < -0.4 is 10.9 Å². The molecule has 1 fully saturated rings. The highest BCUT2D eigenvalue weighted by Gasteiger charge is 2.23. The number of fused-ring (bicyclic) bond motifs is 3. The molecule has 2 aliphatic heterocycles. The molecule has 106 valence electrons. The molecular weight excluding hydrogens is 274 g/mol. The number of rotatable bonds is 1. The van der Waals surface area contributed by atoms with E-state index in [1.165, 1.54) is 10.4 Å². The fraction of sp³-hybridized carbons (Fsp3) is 0.571. The number of thiophene rings is 1. The molecule has 0 unspecified atom stereocenters. The summed E-state index contributed by atoms with van der Waals surface area (Å²) < 4.78 is 7.22. The van der Waals surface area contributed by atoms with Crippen LogP contribution in [0.3, 0.4) is 0 Å². The SMILES string of the molecule is O=c1c2c3c(sc2ncn1C1CCOCC1)CNCC3. The Balaban J connectivity index is 1.87. The minimum Gasteiger partial charge on any atom is -0.381 e. The Morgan fingerprint density at radius 1 is 1.40 bits per heavy atom. The lowest BCUT2D eigenvalue weighted by molar-refractivity contribution is 0.0685. The van der Waals surface area contributed by atoms with E-state index in [1.807, 2.05) is 4.57 Å². The van der Waals surface area contributed by atoms with Crippen LogP contribution in [0.4, 0.5) is 0 Å². The Morgan fingerprint density at radius 2 is 2.25 bits per heavy atom. The molecule has 4 heterocycles. The average Bonchev–Trinajstić information content (AvgIpc) is 2.88. The maximum absolute atomic E-state index is 12.8. The van der Waals surface area contributed by atoms with E-state index in [1.54, 1.807) is 17.7 Å². The molecule has 6 heteroatoms. The van der Waals surface area contributed by atoms with Gasteiger partial charge in [-0.15, -0.1) is 11.3 Å². The molecule has 20 heavy (non-hydrogen) atoms. The molecule has 0 amide bonds. The third-order valence-corrected chi connectivity index (χ3v) is 5.38. The maximum Gasteiger partial charge on any atom is 0.262 e. The van der Waals surface area contributed by atoms with Crippen molar-refractivity contribution in [1.82, 2.24) is 14.9 Å². The predicted octanol–water partition coefficient (Wildman–Crippen LogP) is 1.46. The van der Waals surface area contributed by atoms with Gasteiger partial charge in [0.1, 0.15) is 4.83 Å². The second kappa shape index (κ2) is 4.95. The molecule has 0 aromatic carbocycles. The Bertz CT molecular complexity index is 700. The first-order chi connectivity index (χ1) is 9.84. The largest absolute Gasteiger partial charge is 0.381 e. The number of nitrogens with zero attached hydrogens (tertiary/aromatic N) is 2. The van der Waals surface area contributed by atoms with Gasteiger partial charge in [-0.1, -0.05) is 0 Å². The van der Waals surface area contributed by atoms with Crippen LogP contribution in [0.1, 0.15) is 29.3 Å². The Morgan fingerprint density at radius 3 is 3.10 bits per heavy atom. The summed E-state index contributed by atoms with van der Waals surface area (Å²) in [5.74, 6) is 0. The summed E-state index contributed by atoms with van der Waals surface area (Å²) in [6, 6.07) is 0.241. The van der Waals surface area contributed by atoms with Crippen molar-refractivity contribution in [2.75, 3.05) is 19.8 Å². The Kier molecular flexibility index (Phi) is 3.09. The zero-order chi connectivity index (χ0) is 13.5. The number of hydrogen-bond donors (Lipinski definition) is 1. The van der Waals surface area contributed by atoms with Crippen molar-refractivity contribution < 1.29 is 4.74 Å². The van der Waals surface area contributed by atoms with Gasteiger partial charge in [0.15, 0.2) is 0 Å².